The zero-order valence-corrected chi connectivity index (χ0v) is 12.4. The maximum Gasteiger partial charge on any atom is 0.165 e. The van der Waals surface area contributed by atoms with E-state index in [-0.39, 0.29) is 18.4 Å². The van der Waals surface area contributed by atoms with Crippen LogP contribution in [0.3, 0.4) is 0 Å². The summed E-state index contributed by atoms with van der Waals surface area (Å²) in [7, 11) is 1.82. The number of halogens is 2. The van der Waals surface area contributed by atoms with Crippen molar-refractivity contribution in [2.75, 3.05) is 13.7 Å². The first kappa shape index (κ1) is 15.4. The minimum Gasteiger partial charge on any atom is -0.488 e. The fraction of sp³-hybridized carbons (Fsp3) is 0.294. The number of likely N-dealkylation sites (N-methyl/N-ethyl adjacent to an activating group) is 1. The maximum atomic E-state index is 13.6. The molecule has 1 unspecified atom stereocenters. The molecule has 2 nitrogen and oxygen atoms in total. The fourth-order valence-corrected chi connectivity index (χ4v) is 2.22. The van der Waals surface area contributed by atoms with Gasteiger partial charge in [0.15, 0.2) is 11.6 Å². The average Bonchev–Trinajstić information content (AvgIpc) is 2.46. The van der Waals surface area contributed by atoms with Crippen LogP contribution in [0.4, 0.5) is 8.78 Å². The SMILES string of the molecule is CNC(COc1cc(F)ccc1F)c1cc(C)ccc1C. The molecule has 2 rings (SSSR count). The molecule has 0 aromatic heterocycles. The Kier molecular flexibility index (Phi) is 4.91. The van der Waals surface area contributed by atoms with Crippen molar-refractivity contribution in [3.05, 3.63) is 64.7 Å². The lowest BCUT2D eigenvalue weighted by Gasteiger charge is -2.20. The van der Waals surface area contributed by atoms with Crippen LogP contribution in [0.15, 0.2) is 36.4 Å². The minimum atomic E-state index is -0.563. The van der Waals surface area contributed by atoms with Crippen LogP contribution in [0.2, 0.25) is 0 Å². The standard InChI is InChI=1S/C17H19F2NO/c1-11-4-5-12(2)14(8-11)16(20-3)10-21-17-9-13(18)6-7-15(17)19/h4-9,16,20H,10H2,1-3H3. The Morgan fingerprint density at radius 3 is 2.57 bits per heavy atom. The summed E-state index contributed by atoms with van der Waals surface area (Å²) < 4.78 is 32.1. The number of rotatable bonds is 5. The summed E-state index contributed by atoms with van der Waals surface area (Å²) in [4.78, 5) is 0. The number of aryl methyl sites for hydroxylation is 2. The van der Waals surface area contributed by atoms with E-state index in [1.807, 2.05) is 33.0 Å². The predicted octanol–water partition coefficient (Wildman–Crippen LogP) is 3.92. The highest BCUT2D eigenvalue weighted by Gasteiger charge is 2.14. The van der Waals surface area contributed by atoms with Gasteiger partial charge in [-0.15, -0.1) is 0 Å². The highest BCUT2D eigenvalue weighted by atomic mass is 19.1. The van der Waals surface area contributed by atoms with Crippen LogP contribution in [0.25, 0.3) is 0 Å². The number of benzene rings is 2. The largest absolute Gasteiger partial charge is 0.488 e. The molecule has 0 heterocycles. The molecular weight excluding hydrogens is 272 g/mol. The first-order valence-electron chi connectivity index (χ1n) is 6.83. The number of ether oxygens (including phenoxy) is 1. The summed E-state index contributed by atoms with van der Waals surface area (Å²) >= 11 is 0. The van der Waals surface area contributed by atoms with Crippen molar-refractivity contribution in [1.29, 1.82) is 0 Å². The lowest BCUT2D eigenvalue weighted by atomic mass is 9.99. The zero-order valence-electron chi connectivity index (χ0n) is 12.4. The molecule has 0 bridgehead atoms. The second-order valence-corrected chi connectivity index (χ2v) is 5.09. The second-order valence-electron chi connectivity index (χ2n) is 5.09. The van der Waals surface area contributed by atoms with Crippen molar-refractivity contribution < 1.29 is 13.5 Å². The topological polar surface area (TPSA) is 21.3 Å². The average molecular weight is 291 g/mol. The summed E-state index contributed by atoms with van der Waals surface area (Å²) in [6.07, 6.45) is 0. The first-order valence-corrected chi connectivity index (χ1v) is 6.83. The third-order valence-electron chi connectivity index (χ3n) is 3.46. The highest BCUT2D eigenvalue weighted by Crippen LogP contribution is 2.23. The lowest BCUT2D eigenvalue weighted by Crippen LogP contribution is -2.24. The Morgan fingerprint density at radius 1 is 1.10 bits per heavy atom. The van der Waals surface area contributed by atoms with Gasteiger partial charge in [-0.1, -0.05) is 23.8 Å². The van der Waals surface area contributed by atoms with Crippen LogP contribution in [-0.2, 0) is 0 Å². The van der Waals surface area contributed by atoms with E-state index in [9.17, 15) is 8.78 Å². The van der Waals surface area contributed by atoms with Crippen LogP contribution >= 0.6 is 0 Å². The van der Waals surface area contributed by atoms with E-state index in [0.717, 1.165) is 34.9 Å². The van der Waals surface area contributed by atoms with E-state index >= 15 is 0 Å². The van der Waals surface area contributed by atoms with Crippen LogP contribution < -0.4 is 10.1 Å². The van der Waals surface area contributed by atoms with Crippen LogP contribution in [0.5, 0.6) is 5.75 Å². The summed E-state index contributed by atoms with van der Waals surface area (Å²) in [5.41, 5.74) is 3.37. The molecule has 0 fully saturated rings. The molecule has 21 heavy (non-hydrogen) atoms. The van der Waals surface area contributed by atoms with Gasteiger partial charge in [0.05, 0.1) is 6.04 Å². The molecule has 1 atom stereocenters. The van der Waals surface area contributed by atoms with Gasteiger partial charge in [-0.05, 0) is 44.2 Å². The van der Waals surface area contributed by atoms with Gasteiger partial charge in [-0.25, -0.2) is 8.78 Å². The Hall–Kier alpha value is -1.94. The van der Waals surface area contributed by atoms with Crippen molar-refractivity contribution in [1.82, 2.24) is 5.32 Å². The van der Waals surface area contributed by atoms with Crippen molar-refractivity contribution in [3.8, 4) is 5.75 Å². The van der Waals surface area contributed by atoms with Crippen LogP contribution in [0.1, 0.15) is 22.7 Å². The molecule has 0 radical (unpaired) electrons. The van der Waals surface area contributed by atoms with Gasteiger partial charge in [-0.2, -0.15) is 0 Å². The van der Waals surface area contributed by atoms with Crippen molar-refractivity contribution in [3.63, 3.8) is 0 Å². The first-order chi connectivity index (χ1) is 10.0. The minimum absolute atomic E-state index is 0.0689. The molecule has 0 amide bonds. The van der Waals surface area contributed by atoms with Gasteiger partial charge in [-0.3, -0.25) is 0 Å². The third kappa shape index (κ3) is 3.79. The maximum absolute atomic E-state index is 13.6. The number of hydrogen-bond donors (Lipinski definition) is 1. The lowest BCUT2D eigenvalue weighted by molar-refractivity contribution is 0.260. The molecule has 112 valence electrons. The molecule has 0 aliphatic carbocycles. The van der Waals surface area contributed by atoms with Crippen LogP contribution in [-0.4, -0.2) is 13.7 Å². The van der Waals surface area contributed by atoms with E-state index < -0.39 is 11.6 Å². The molecule has 2 aromatic carbocycles. The molecule has 0 aliphatic heterocycles. The second kappa shape index (κ2) is 6.68. The summed E-state index contributed by atoms with van der Waals surface area (Å²) in [6, 6.07) is 9.26. The Morgan fingerprint density at radius 2 is 1.86 bits per heavy atom. The van der Waals surface area contributed by atoms with Gasteiger partial charge >= 0.3 is 0 Å². The third-order valence-corrected chi connectivity index (χ3v) is 3.46. The molecule has 0 aliphatic rings. The molecule has 2 aromatic rings. The summed E-state index contributed by atoms with van der Waals surface area (Å²) in [5, 5.41) is 3.15. The van der Waals surface area contributed by atoms with E-state index in [0.29, 0.717) is 0 Å². The quantitative estimate of drug-likeness (QED) is 0.901. The van der Waals surface area contributed by atoms with Crippen molar-refractivity contribution in [2.24, 2.45) is 0 Å². The molecule has 1 N–H and O–H groups in total. The predicted molar refractivity (Wildman–Crippen MR) is 79.6 cm³/mol. The molecule has 4 heteroatoms. The number of nitrogens with one attached hydrogen (secondary N) is 1. The summed E-state index contributed by atoms with van der Waals surface area (Å²) in [5.74, 6) is -1.15. The van der Waals surface area contributed by atoms with Gasteiger partial charge in [0.1, 0.15) is 12.4 Å². The van der Waals surface area contributed by atoms with Gasteiger partial charge in [0.2, 0.25) is 0 Å². The van der Waals surface area contributed by atoms with Crippen molar-refractivity contribution in [2.45, 2.75) is 19.9 Å². The monoisotopic (exact) mass is 291 g/mol. The Balaban J connectivity index is 2.16. The molecule has 0 spiro atoms. The highest BCUT2D eigenvalue weighted by molar-refractivity contribution is 5.33. The number of hydrogen-bond acceptors (Lipinski definition) is 2. The van der Waals surface area contributed by atoms with E-state index in [1.54, 1.807) is 0 Å². The van der Waals surface area contributed by atoms with Crippen molar-refractivity contribution >= 4 is 0 Å². The van der Waals surface area contributed by atoms with Gasteiger partial charge in [0.25, 0.3) is 0 Å². The van der Waals surface area contributed by atoms with Gasteiger partial charge < -0.3 is 10.1 Å². The summed E-state index contributed by atoms with van der Waals surface area (Å²) in [6.45, 7) is 4.26. The zero-order chi connectivity index (χ0) is 15.4. The Labute approximate surface area is 123 Å². The van der Waals surface area contributed by atoms with E-state index in [4.69, 9.17) is 4.74 Å². The normalized spacial score (nSPS) is 12.2. The van der Waals surface area contributed by atoms with E-state index in [2.05, 4.69) is 11.4 Å². The van der Waals surface area contributed by atoms with Crippen LogP contribution in [0, 0.1) is 25.5 Å². The van der Waals surface area contributed by atoms with E-state index in [1.165, 1.54) is 0 Å². The Bertz CT molecular complexity index is 628. The fourth-order valence-electron chi connectivity index (χ4n) is 2.22. The molecule has 0 saturated heterocycles. The molecule has 0 saturated carbocycles. The smallest absolute Gasteiger partial charge is 0.165 e. The molecular formula is C17H19F2NO. The van der Waals surface area contributed by atoms with Gasteiger partial charge in [0, 0.05) is 6.07 Å².